The van der Waals surface area contributed by atoms with Crippen molar-refractivity contribution >= 4 is 6.09 Å². The molecule has 15 heavy (non-hydrogen) atoms. The van der Waals surface area contributed by atoms with Gasteiger partial charge in [0.25, 0.3) is 0 Å². The lowest BCUT2D eigenvalue weighted by molar-refractivity contribution is 0.157. The predicted octanol–water partition coefficient (Wildman–Crippen LogP) is 0.575. The van der Waals surface area contributed by atoms with E-state index in [1.54, 1.807) is 0 Å². The summed E-state index contributed by atoms with van der Waals surface area (Å²) in [6.07, 6.45) is 1.07. The third kappa shape index (κ3) is 4.97. The van der Waals surface area contributed by atoms with E-state index in [0.717, 1.165) is 11.3 Å². The van der Waals surface area contributed by atoms with E-state index in [-0.39, 0.29) is 6.61 Å². The molecule has 0 aliphatic rings. The van der Waals surface area contributed by atoms with Crippen molar-refractivity contribution in [3.05, 3.63) is 29.6 Å². The molecule has 0 saturated heterocycles. The van der Waals surface area contributed by atoms with Crippen LogP contribution in [-0.4, -0.2) is 24.2 Å². The van der Waals surface area contributed by atoms with Crippen LogP contribution in [0.1, 0.15) is 11.3 Å². The van der Waals surface area contributed by atoms with Crippen molar-refractivity contribution in [2.24, 2.45) is 5.73 Å². The molecular formula is C10H15N3O2. The number of ether oxygens (including phenoxy) is 1. The standard InChI is InChI=1S/C10H15N3O2/c1-8-2-3-9(7-13-8)6-12-4-5-15-10(11)14/h2-3,7,12H,4-6H2,1H3,(H2,11,14). The Morgan fingerprint density at radius 3 is 3.00 bits per heavy atom. The number of rotatable bonds is 5. The van der Waals surface area contributed by atoms with Gasteiger partial charge in [0, 0.05) is 25.0 Å². The van der Waals surface area contributed by atoms with Gasteiger partial charge in [-0.15, -0.1) is 0 Å². The monoisotopic (exact) mass is 209 g/mol. The van der Waals surface area contributed by atoms with Crippen LogP contribution in [0.2, 0.25) is 0 Å². The average molecular weight is 209 g/mol. The Hall–Kier alpha value is -1.62. The Morgan fingerprint density at radius 1 is 1.60 bits per heavy atom. The van der Waals surface area contributed by atoms with Crippen molar-refractivity contribution in [3.8, 4) is 0 Å². The fourth-order valence-electron chi connectivity index (χ4n) is 1.06. The minimum atomic E-state index is -0.742. The molecule has 1 rings (SSSR count). The van der Waals surface area contributed by atoms with Crippen LogP contribution < -0.4 is 11.1 Å². The molecular weight excluding hydrogens is 194 g/mol. The van der Waals surface area contributed by atoms with Gasteiger partial charge in [-0.05, 0) is 18.6 Å². The van der Waals surface area contributed by atoms with E-state index in [9.17, 15) is 4.79 Å². The second kappa shape index (κ2) is 5.98. The Bertz CT molecular complexity index is 311. The van der Waals surface area contributed by atoms with Gasteiger partial charge in [-0.3, -0.25) is 4.98 Å². The summed E-state index contributed by atoms with van der Waals surface area (Å²) in [5.74, 6) is 0. The molecule has 0 aliphatic carbocycles. The number of primary amides is 1. The highest BCUT2D eigenvalue weighted by molar-refractivity contribution is 5.64. The quantitative estimate of drug-likeness (QED) is 0.695. The summed E-state index contributed by atoms with van der Waals surface area (Å²) in [7, 11) is 0. The molecule has 1 aromatic rings. The summed E-state index contributed by atoms with van der Waals surface area (Å²) in [5.41, 5.74) is 6.90. The number of carbonyl (C=O) groups excluding carboxylic acids is 1. The summed E-state index contributed by atoms with van der Waals surface area (Å²) in [4.78, 5) is 14.4. The normalized spacial score (nSPS) is 9.93. The molecule has 0 aliphatic heterocycles. The molecule has 0 saturated carbocycles. The molecule has 0 bridgehead atoms. The first kappa shape index (κ1) is 11.5. The highest BCUT2D eigenvalue weighted by Crippen LogP contribution is 1.97. The van der Waals surface area contributed by atoms with Gasteiger partial charge >= 0.3 is 6.09 Å². The molecule has 0 atom stereocenters. The Balaban J connectivity index is 2.15. The first-order chi connectivity index (χ1) is 7.18. The molecule has 1 aromatic heterocycles. The maximum atomic E-state index is 10.2. The zero-order chi connectivity index (χ0) is 11.1. The Morgan fingerprint density at radius 2 is 2.40 bits per heavy atom. The van der Waals surface area contributed by atoms with E-state index >= 15 is 0 Å². The largest absolute Gasteiger partial charge is 0.448 e. The number of aryl methyl sites for hydroxylation is 1. The Kier molecular flexibility index (Phi) is 4.56. The van der Waals surface area contributed by atoms with Crippen LogP contribution in [0.15, 0.2) is 18.3 Å². The number of nitrogens with two attached hydrogens (primary N) is 1. The molecule has 82 valence electrons. The van der Waals surface area contributed by atoms with E-state index in [1.807, 2.05) is 25.3 Å². The number of hydrogen-bond acceptors (Lipinski definition) is 4. The number of hydrogen-bond donors (Lipinski definition) is 2. The smallest absolute Gasteiger partial charge is 0.404 e. The summed E-state index contributed by atoms with van der Waals surface area (Å²) in [6.45, 7) is 3.51. The van der Waals surface area contributed by atoms with Gasteiger partial charge < -0.3 is 15.8 Å². The second-order valence-corrected chi connectivity index (χ2v) is 3.15. The molecule has 0 unspecified atom stereocenters. The number of aromatic nitrogens is 1. The summed E-state index contributed by atoms with van der Waals surface area (Å²) >= 11 is 0. The van der Waals surface area contributed by atoms with E-state index < -0.39 is 6.09 Å². The van der Waals surface area contributed by atoms with Gasteiger partial charge in [-0.25, -0.2) is 4.79 Å². The second-order valence-electron chi connectivity index (χ2n) is 3.15. The van der Waals surface area contributed by atoms with Gasteiger partial charge in [-0.1, -0.05) is 6.07 Å². The van der Waals surface area contributed by atoms with Crippen LogP contribution in [0.5, 0.6) is 0 Å². The van der Waals surface area contributed by atoms with Crippen LogP contribution in [0.25, 0.3) is 0 Å². The van der Waals surface area contributed by atoms with Crippen molar-refractivity contribution in [1.29, 1.82) is 0 Å². The van der Waals surface area contributed by atoms with Crippen LogP contribution in [0.3, 0.4) is 0 Å². The van der Waals surface area contributed by atoms with Crippen LogP contribution in [-0.2, 0) is 11.3 Å². The highest BCUT2D eigenvalue weighted by atomic mass is 16.5. The molecule has 0 aromatic carbocycles. The maximum Gasteiger partial charge on any atom is 0.404 e. The van der Waals surface area contributed by atoms with Crippen LogP contribution in [0.4, 0.5) is 4.79 Å². The zero-order valence-corrected chi connectivity index (χ0v) is 8.69. The SMILES string of the molecule is Cc1ccc(CNCCOC(N)=O)cn1. The van der Waals surface area contributed by atoms with Gasteiger partial charge in [0.2, 0.25) is 0 Å². The first-order valence-corrected chi connectivity index (χ1v) is 4.73. The number of amides is 1. The average Bonchev–Trinajstić information content (AvgIpc) is 2.20. The minimum absolute atomic E-state index is 0.286. The Labute approximate surface area is 88.6 Å². The lowest BCUT2D eigenvalue weighted by atomic mass is 10.2. The van der Waals surface area contributed by atoms with Gasteiger partial charge in [-0.2, -0.15) is 0 Å². The summed E-state index contributed by atoms with van der Waals surface area (Å²) < 4.78 is 4.56. The van der Waals surface area contributed by atoms with Crippen LogP contribution >= 0.6 is 0 Å². The summed E-state index contributed by atoms with van der Waals surface area (Å²) in [6, 6.07) is 3.96. The molecule has 0 radical (unpaired) electrons. The number of pyridine rings is 1. The van der Waals surface area contributed by atoms with Crippen molar-refractivity contribution in [3.63, 3.8) is 0 Å². The molecule has 0 spiro atoms. The third-order valence-corrected chi connectivity index (χ3v) is 1.82. The number of nitrogens with one attached hydrogen (secondary N) is 1. The zero-order valence-electron chi connectivity index (χ0n) is 8.69. The molecule has 5 heteroatoms. The third-order valence-electron chi connectivity index (χ3n) is 1.82. The van der Waals surface area contributed by atoms with Crippen molar-refractivity contribution in [1.82, 2.24) is 10.3 Å². The number of carbonyl (C=O) groups is 1. The van der Waals surface area contributed by atoms with Gasteiger partial charge in [0.05, 0.1) is 0 Å². The molecule has 0 fully saturated rings. The molecule has 5 nitrogen and oxygen atoms in total. The van der Waals surface area contributed by atoms with Crippen LogP contribution in [0, 0.1) is 6.92 Å². The topological polar surface area (TPSA) is 77.2 Å². The highest BCUT2D eigenvalue weighted by Gasteiger charge is 1.94. The maximum absolute atomic E-state index is 10.2. The van der Waals surface area contributed by atoms with E-state index in [4.69, 9.17) is 5.73 Å². The van der Waals surface area contributed by atoms with E-state index in [2.05, 4.69) is 15.0 Å². The molecule has 1 amide bonds. The molecule has 3 N–H and O–H groups in total. The van der Waals surface area contributed by atoms with E-state index in [0.29, 0.717) is 13.1 Å². The van der Waals surface area contributed by atoms with E-state index in [1.165, 1.54) is 0 Å². The predicted molar refractivity (Wildman–Crippen MR) is 56.2 cm³/mol. The van der Waals surface area contributed by atoms with Crippen molar-refractivity contribution < 1.29 is 9.53 Å². The van der Waals surface area contributed by atoms with Gasteiger partial charge in [0.15, 0.2) is 0 Å². The lowest BCUT2D eigenvalue weighted by Gasteiger charge is -2.04. The lowest BCUT2D eigenvalue weighted by Crippen LogP contribution is -2.23. The number of nitrogens with zero attached hydrogens (tertiary/aromatic N) is 1. The fourth-order valence-corrected chi connectivity index (χ4v) is 1.06. The minimum Gasteiger partial charge on any atom is -0.448 e. The fraction of sp³-hybridized carbons (Fsp3) is 0.400. The van der Waals surface area contributed by atoms with Gasteiger partial charge in [0.1, 0.15) is 6.61 Å². The van der Waals surface area contributed by atoms with Crippen molar-refractivity contribution in [2.45, 2.75) is 13.5 Å². The van der Waals surface area contributed by atoms with Crippen molar-refractivity contribution in [2.75, 3.05) is 13.2 Å². The first-order valence-electron chi connectivity index (χ1n) is 4.73. The molecule has 1 heterocycles. The summed E-state index contributed by atoms with van der Waals surface area (Å²) in [5, 5.41) is 3.10.